The molecule has 0 unspecified atom stereocenters. The van der Waals surface area contributed by atoms with Gasteiger partial charge < -0.3 is 15.0 Å². The third-order valence-corrected chi connectivity index (χ3v) is 5.90. The number of carbonyl (C=O) groups excluding carboxylic acids is 1. The van der Waals surface area contributed by atoms with Crippen LogP contribution in [0.25, 0.3) is 11.1 Å². The molecular weight excluding hydrogens is 544 g/mol. The van der Waals surface area contributed by atoms with E-state index in [2.05, 4.69) is 26.0 Å². The molecule has 14 heteroatoms. The number of rotatable bonds is 8. The zero-order valence-corrected chi connectivity index (χ0v) is 25.7. The quantitative estimate of drug-likeness (QED) is 0.115. The van der Waals surface area contributed by atoms with Crippen molar-refractivity contribution in [1.82, 2.24) is 0 Å². The van der Waals surface area contributed by atoms with Crippen molar-refractivity contribution in [2.75, 3.05) is 5.43 Å². The van der Waals surface area contributed by atoms with Crippen LogP contribution in [0.2, 0.25) is 0 Å². The van der Waals surface area contributed by atoms with E-state index in [9.17, 15) is 23.4 Å². The predicted octanol–water partition coefficient (Wildman–Crippen LogP) is -1.43. The van der Waals surface area contributed by atoms with Crippen LogP contribution in [-0.2, 0) is 10.1 Å². The van der Waals surface area contributed by atoms with E-state index in [4.69, 9.17) is 4.55 Å². The van der Waals surface area contributed by atoms with Crippen LogP contribution in [0, 0.1) is 0 Å². The SMILES string of the molecule is O=C([O-])c1cc(N=Nc2ccc(-c3ccc(NN=Nc4ccc(S(=O)(=O)O)cc4)cc3)cc2)ccc1[O-].[Na+].[Na+]. The Morgan fingerprint density at radius 2 is 1.21 bits per heavy atom. The molecule has 0 aliphatic carbocycles. The summed E-state index contributed by atoms with van der Waals surface area (Å²) in [6.07, 6.45) is 0. The van der Waals surface area contributed by atoms with Gasteiger partial charge in [-0.25, -0.2) is 0 Å². The van der Waals surface area contributed by atoms with E-state index in [-0.39, 0.29) is 69.7 Å². The molecule has 0 atom stereocenters. The minimum absolute atomic E-state index is 0. The van der Waals surface area contributed by atoms with E-state index < -0.39 is 27.4 Å². The standard InChI is InChI=1S/C25H19N5O6S.2Na/c31-24-14-11-21(15-23(24)25(32)33)27-26-18-5-1-16(2-6-18)17-3-7-19(8-4-17)28-30-29-20-9-12-22(13-10-20)37(34,35)36;;/h1-15,31H,(H,28,29)(H,32,33)(H,34,35,36);;/q;2*+1/p-2. The molecule has 0 fully saturated rings. The number of carboxylic acids is 1. The molecular formula is C25H17N5Na2O6S. The number of carbonyl (C=O) groups is 1. The Balaban J connectivity index is 0.00000267. The van der Waals surface area contributed by atoms with Gasteiger partial charge in [0.15, 0.2) is 0 Å². The van der Waals surface area contributed by atoms with Crippen molar-refractivity contribution < 1.29 is 87.1 Å². The molecule has 0 spiro atoms. The second-order valence-electron chi connectivity index (χ2n) is 7.57. The summed E-state index contributed by atoms with van der Waals surface area (Å²) >= 11 is 0. The maximum absolute atomic E-state index is 11.5. The van der Waals surface area contributed by atoms with E-state index in [1.54, 1.807) is 24.3 Å². The molecule has 2 N–H and O–H groups in total. The topological polar surface area (TPSA) is 179 Å². The van der Waals surface area contributed by atoms with Crippen molar-refractivity contribution in [2.24, 2.45) is 20.6 Å². The predicted molar refractivity (Wildman–Crippen MR) is 131 cm³/mol. The Bertz CT molecular complexity index is 1600. The smallest absolute Gasteiger partial charge is 0.872 e. The van der Waals surface area contributed by atoms with E-state index >= 15 is 0 Å². The van der Waals surface area contributed by atoms with Gasteiger partial charge in [0.25, 0.3) is 10.1 Å². The zero-order valence-electron chi connectivity index (χ0n) is 20.8. The molecule has 0 heterocycles. The fraction of sp³-hybridized carbons (Fsp3) is 0. The molecule has 0 saturated carbocycles. The average Bonchev–Trinajstić information content (AvgIpc) is 2.88. The summed E-state index contributed by atoms with van der Waals surface area (Å²) in [5.41, 5.74) is 5.98. The molecule has 0 bridgehead atoms. The summed E-state index contributed by atoms with van der Waals surface area (Å²) in [6.45, 7) is 0. The Kier molecular flexibility index (Phi) is 12.0. The van der Waals surface area contributed by atoms with Gasteiger partial charge in [0, 0.05) is 0 Å². The summed E-state index contributed by atoms with van der Waals surface area (Å²) in [4.78, 5) is 10.7. The van der Waals surface area contributed by atoms with E-state index in [1.165, 1.54) is 30.3 Å². The van der Waals surface area contributed by atoms with Gasteiger partial charge in [-0.3, -0.25) is 9.98 Å². The minimum atomic E-state index is -4.26. The zero-order chi connectivity index (χ0) is 26.4. The van der Waals surface area contributed by atoms with Gasteiger partial charge in [-0.2, -0.15) is 18.6 Å². The van der Waals surface area contributed by atoms with Crippen LogP contribution >= 0.6 is 0 Å². The monoisotopic (exact) mass is 561 g/mol. The molecule has 4 aromatic rings. The molecule has 186 valence electrons. The van der Waals surface area contributed by atoms with Crippen LogP contribution in [0.15, 0.2) is 116 Å². The molecule has 0 radical (unpaired) electrons. The van der Waals surface area contributed by atoms with Gasteiger partial charge >= 0.3 is 59.1 Å². The molecule has 11 nitrogen and oxygen atoms in total. The first-order valence-electron chi connectivity index (χ1n) is 10.6. The first-order valence-corrected chi connectivity index (χ1v) is 12.0. The first-order chi connectivity index (χ1) is 17.7. The van der Waals surface area contributed by atoms with Crippen LogP contribution in [0.4, 0.5) is 22.7 Å². The maximum Gasteiger partial charge on any atom is 1.00 e. The van der Waals surface area contributed by atoms with Gasteiger partial charge in [0.1, 0.15) is 0 Å². The summed E-state index contributed by atoms with van der Waals surface area (Å²) in [5.74, 6) is -2.22. The third kappa shape index (κ3) is 9.05. The Hall–Kier alpha value is -2.94. The average molecular weight is 561 g/mol. The fourth-order valence-electron chi connectivity index (χ4n) is 3.14. The minimum Gasteiger partial charge on any atom is -0.872 e. The number of hydrogen-bond acceptors (Lipinski definition) is 9. The van der Waals surface area contributed by atoms with Crippen LogP contribution in [-0.4, -0.2) is 18.9 Å². The van der Waals surface area contributed by atoms with E-state index in [0.717, 1.165) is 23.3 Å². The molecule has 0 aromatic heterocycles. The van der Waals surface area contributed by atoms with Crippen molar-refractivity contribution in [3.63, 3.8) is 0 Å². The largest absolute Gasteiger partial charge is 1.00 e. The molecule has 4 aromatic carbocycles. The number of nitrogens with one attached hydrogen (secondary N) is 1. The van der Waals surface area contributed by atoms with Gasteiger partial charge in [-0.1, -0.05) is 41.3 Å². The number of aromatic carboxylic acids is 1. The fourth-order valence-corrected chi connectivity index (χ4v) is 3.62. The normalized spacial score (nSPS) is 11.1. The Morgan fingerprint density at radius 3 is 1.77 bits per heavy atom. The number of benzene rings is 4. The molecule has 0 aliphatic rings. The molecule has 0 aliphatic heterocycles. The van der Waals surface area contributed by atoms with E-state index in [1.807, 2.05) is 24.3 Å². The Labute approximate surface area is 268 Å². The number of anilines is 1. The molecule has 4 rings (SSSR count). The number of carboxylic acid groups (broad SMARTS) is 1. The summed E-state index contributed by atoms with van der Waals surface area (Å²) in [6, 6.07) is 23.4. The van der Waals surface area contributed by atoms with Crippen LogP contribution in [0.3, 0.4) is 0 Å². The van der Waals surface area contributed by atoms with Gasteiger partial charge in [-0.05, 0) is 77.4 Å². The second-order valence-corrected chi connectivity index (χ2v) is 8.99. The van der Waals surface area contributed by atoms with Crippen LogP contribution in [0.1, 0.15) is 10.4 Å². The third-order valence-electron chi connectivity index (χ3n) is 5.03. The van der Waals surface area contributed by atoms with Crippen molar-refractivity contribution in [1.29, 1.82) is 0 Å². The van der Waals surface area contributed by atoms with Gasteiger partial charge in [0.2, 0.25) is 0 Å². The van der Waals surface area contributed by atoms with Crippen LogP contribution < -0.4 is 74.8 Å². The van der Waals surface area contributed by atoms with Crippen molar-refractivity contribution in [2.45, 2.75) is 4.90 Å². The van der Waals surface area contributed by atoms with Gasteiger partial charge in [-0.15, -0.1) is 5.11 Å². The maximum atomic E-state index is 11.5. The van der Waals surface area contributed by atoms with Gasteiger partial charge in [0.05, 0.1) is 33.6 Å². The van der Waals surface area contributed by atoms with Crippen molar-refractivity contribution >= 4 is 38.8 Å². The number of azo groups is 1. The van der Waals surface area contributed by atoms with Crippen molar-refractivity contribution in [3.05, 3.63) is 96.6 Å². The summed E-state index contributed by atoms with van der Waals surface area (Å²) < 4.78 is 31.1. The first kappa shape index (κ1) is 32.3. The van der Waals surface area contributed by atoms with Crippen LogP contribution in [0.5, 0.6) is 5.75 Å². The summed E-state index contributed by atoms with van der Waals surface area (Å²) in [7, 11) is -4.26. The number of hydrogen-bond donors (Lipinski definition) is 2. The molecule has 0 saturated heterocycles. The number of nitrogens with zero attached hydrogens (tertiary/aromatic N) is 4. The summed E-state index contributed by atoms with van der Waals surface area (Å²) in [5, 5.41) is 38.3. The van der Waals surface area contributed by atoms with Crippen molar-refractivity contribution in [3.8, 4) is 16.9 Å². The molecule has 39 heavy (non-hydrogen) atoms. The molecule has 0 amide bonds. The Morgan fingerprint density at radius 1 is 0.718 bits per heavy atom. The second kappa shape index (κ2) is 14.4. The van der Waals surface area contributed by atoms with E-state index in [0.29, 0.717) is 17.1 Å².